The molecule has 0 amide bonds. The largest absolute Gasteiger partial charge is 0.374 e. The van der Waals surface area contributed by atoms with E-state index in [2.05, 4.69) is 17.1 Å². The summed E-state index contributed by atoms with van der Waals surface area (Å²) < 4.78 is 5.97. The highest BCUT2D eigenvalue weighted by molar-refractivity contribution is 5.06. The lowest BCUT2D eigenvalue weighted by Gasteiger charge is -2.57. The quantitative estimate of drug-likeness (QED) is 0.854. The molecule has 1 aliphatic heterocycles. The number of morpholine rings is 1. The van der Waals surface area contributed by atoms with Gasteiger partial charge in [-0.15, -0.1) is 0 Å². The van der Waals surface area contributed by atoms with Crippen molar-refractivity contribution in [2.75, 3.05) is 32.8 Å². The molecule has 3 nitrogen and oxygen atoms in total. The Morgan fingerprint density at radius 2 is 1.75 bits per heavy atom. The van der Waals surface area contributed by atoms with Gasteiger partial charge in [0.25, 0.3) is 0 Å². The second kappa shape index (κ2) is 5.26. The summed E-state index contributed by atoms with van der Waals surface area (Å²) in [5.41, 5.74) is 0.493. The van der Waals surface area contributed by atoms with Crippen LogP contribution in [0.3, 0.4) is 0 Å². The molecular weight excluding hydrogens is 248 g/mol. The van der Waals surface area contributed by atoms with Crippen molar-refractivity contribution < 1.29 is 4.74 Å². The van der Waals surface area contributed by atoms with Gasteiger partial charge < -0.3 is 10.1 Å². The van der Waals surface area contributed by atoms with Crippen LogP contribution in [-0.2, 0) is 4.74 Å². The highest BCUT2D eigenvalue weighted by Gasteiger charge is 2.50. The lowest BCUT2D eigenvalue weighted by Crippen LogP contribution is -2.60. The minimum atomic E-state index is 0.414. The zero-order valence-corrected chi connectivity index (χ0v) is 12.9. The van der Waals surface area contributed by atoms with Crippen LogP contribution in [0.5, 0.6) is 0 Å². The van der Waals surface area contributed by atoms with E-state index >= 15 is 0 Å². The Kier molecular flexibility index (Phi) is 3.56. The lowest BCUT2D eigenvalue weighted by atomic mass is 9.53. The van der Waals surface area contributed by atoms with Crippen LogP contribution in [0, 0.1) is 17.8 Å². The molecule has 1 unspecified atom stereocenters. The molecule has 4 saturated carbocycles. The van der Waals surface area contributed by atoms with Crippen LogP contribution in [0.25, 0.3) is 0 Å². The van der Waals surface area contributed by atoms with Gasteiger partial charge >= 0.3 is 0 Å². The van der Waals surface area contributed by atoms with Crippen molar-refractivity contribution in [3.05, 3.63) is 0 Å². The molecule has 0 radical (unpaired) electrons. The predicted molar refractivity (Wildman–Crippen MR) is 80.8 cm³/mol. The number of nitrogens with one attached hydrogen (secondary N) is 1. The number of likely N-dealkylation sites (N-methyl/N-ethyl adjacent to an activating group) is 1. The summed E-state index contributed by atoms with van der Waals surface area (Å²) in [5, 5.41) is 3.99. The van der Waals surface area contributed by atoms with Crippen molar-refractivity contribution >= 4 is 0 Å². The summed E-state index contributed by atoms with van der Waals surface area (Å²) in [6, 6.07) is 0. The van der Waals surface area contributed by atoms with E-state index in [0.29, 0.717) is 11.6 Å². The van der Waals surface area contributed by atoms with Gasteiger partial charge in [0.2, 0.25) is 0 Å². The first kappa shape index (κ1) is 13.5. The molecule has 4 bridgehead atoms. The zero-order chi connectivity index (χ0) is 13.6. The summed E-state index contributed by atoms with van der Waals surface area (Å²) in [5.74, 6) is 3.11. The van der Waals surface area contributed by atoms with Crippen molar-refractivity contribution in [1.29, 1.82) is 0 Å². The fourth-order valence-electron chi connectivity index (χ4n) is 5.85. The van der Waals surface area contributed by atoms with Crippen LogP contribution in [-0.4, -0.2) is 49.3 Å². The second-order valence-electron chi connectivity index (χ2n) is 7.96. The van der Waals surface area contributed by atoms with E-state index in [-0.39, 0.29) is 0 Å². The van der Waals surface area contributed by atoms with Gasteiger partial charge in [0, 0.05) is 25.2 Å². The maximum Gasteiger partial charge on any atom is 0.0826 e. The predicted octanol–water partition coefficient (Wildman–Crippen LogP) is 2.27. The maximum atomic E-state index is 5.97. The third kappa shape index (κ3) is 2.53. The van der Waals surface area contributed by atoms with E-state index in [1.165, 1.54) is 38.5 Å². The Labute approximate surface area is 123 Å². The number of hydrogen-bond acceptors (Lipinski definition) is 3. The molecule has 0 aromatic heterocycles. The lowest BCUT2D eigenvalue weighted by molar-refractivity contribution is -0.0510. The average molecular weight is 278 g/mol. The van der Waals surface area contributed by atoms with Gasteiger partial charge in [-0.05, 0) is 62.8 Å². The first-order valence-electron chi connectivity index (χ1n) is 8.84. The Morgan fingerprint density at radius 3 is 2.35 bits per heavy atom. The third-order valence-electron chi connectivity index (χ3n) is 6.41. The van der Waals surface area contributed by atoms with Crippen molar-refractivity contribution in [1.82, 2.24) is 10.2 Å². The smallest absolute Gasteiger partial charge is 0.0826 e. The Bertz CT molecular complexity index is 322. The Balaban J connectivity index is 1.35. The van der Waals surface area contributed by atoms with Gasteiger partial charge in [0.15, 0.2) is 0 Å². The molecule has 0 aromatic carbocycles. The number of hydrogen-bond donors (Lipinski definition) is 1. The van der Waals surface area contributed by atoms with Crippen LogP contribution >= 0.6 is 0 Å². The maximum absolute atomic E-state index is 5.97. The normalized spacial score (nSPS) is 47.9. The molecular formula is C17H30N2O. The number of rotatable bonds is 4. The Hall–Kier alpha value is -0.120. The van der Waals surface area contributed by atoms with Crippen molar-refractivity contribution in [3.63, 3.8) is 0 Å². The molecule has 5 aliphatic rings. The first-order chi connectivity index (χ1) is 9.75. The van der Waals surface area contributed by atoms with Crippen molar-refractivity contribution in [3.8, 4) is 0 Å². The highest BCUT2D eigenvalue weighted by Crippen LogP contribution is 2.55. The van der Waals surface area contributed by atoms with Crippen LogP contribution in [0.4, 0.5) is 0 Å². The molecule has 20 heavy (non-hydrogen) atoms. The Morgan fingerprint density at radius 1 is 1.10 bits per heavy atom. The molecule has 1 N–H and O–H groups in total. The minimum Gasteiger partial charge on any atom is -0.374 e. The van der Waals surface area contributed by atoms with Crippen LogP contribution < -0.4 is 5.32 Å². The van der Waals surface area contributed by atoms with Gasteiger partial charge in [-0.2, -0.15) is 0 Å². The van der Waals surface area contributed by atoms with Crippen molar-refractivity contribution in [2.24, 2.45) is 17.8 Å². The SMILES string of the molecule is CCN1CCOC(CNC23CC4CC(CC(C4)C2)C3)C1. The van der Waals surface area contributed by atoms with Crippen molar-refractivity contribution in [2.45, 2.75) is 57.1 Å². The molecule has 0 aromatic rings. The first-order valence-corrected chi connectivity index (χ1v) is 8.84. The number of nitrogens with zero attached hydrogens (tertiary/aromatic N) is 1. The summed E-state index contributed by atoms with van der Waals surface area (Å²) in [6.07, 6.45) is 9.35. The molecule has 3 heteroatoms. The van der Waals surface area contributed by atoms with Gasteiger partial charge in [0.1, 0.15) is 0 Å². The molecule has 1 saturated heterocycles. The van der Waals surface area contributed by atoms with Crippen LogP contribution in [0.1, 0.15) is 45.4 Å². The molecule has 5 fully saturated rings. The van der Waals surface area contributed by atoms with E-state index < -0.39 is 0 Å². The topological polar surface area (TPSA) is 24.5 Å². The van der Waals surface area contributed by atoms with Gasteiger partial charge in [-0.3, -0.25) is 4.90 Å². The van der Waals surface area contributed by atoms with Crippen LogP contribution in [0.15, 0.2) is 0 Å². The summed E-state index contributed by atoms with van der Waals surface area (Å²) >= 11 is 0. The molecule has 1 heterocycles. The summed E-state index contributed by atoms with van der Waals surface area (Å²) in [7, 11) is 0. The standard InChI is InChI=1S/C17H30N2O/c1-2-19-3-4-20-16(12-19)11-18-17-8-13-5-14(9-17)7-15(6-13)10-17/h13-16,18H,2-12H2,1H3. The fourth-order valence-corrected chi connectivity index (χ4v) is 5.85. The number of ether oxygens (including phenoxy) is 1. The zero-order valence-electron chi connectivity index (χ0n) is 12.9. The van der Waals surface area contributed by atoms with E-state index in [0.717, 1.165) is 50.5 Å². The second-order valence-corrected chi connectivity index (χ2v) is 7.96. The van der Waals surface area contributed by atoms with E-state index in [4.69, 9.17) is 4.74 Å². The van der Waals surface area contributed by atoms with Crippen LogP contribution in [0.2, 0.25) is 0 Å². The van der Waals surface area contributed by atoms with Gasteiger partial charge in [0.05, 0.1) is 12.7 Å². The summed E-state index contributed by atoms with van der Waals surface area (Å²) in [6.45, 7) is 7.65. The van der Waals surface area contributed by atoms with E-state index in [9.17, 15) is 0 Å². The van der Waals surface area contributed by atoms with E-state index in [1.807, 2.05) is 0 Å². The van der Waals surface area contributed by atoms with E-state index in [1.54, 1.807) is 0 Å². The third-order valence-corrected chi connectivity index (χ3v) is 6.41. The van der Waals surface area contributed by atoms with Gasteiger partial charge in [-0.25, -0.2) is 0 Å². The molecule has 4 aliphatic carbocycles. The molecule has 0 spiro atoms. The molecule has 114 valence electrons. The molecule has 5 rings (SSSR count). The fraction of sp³-hybridized carbons (Fsp3) is 1.00. The monoisotopic (exact) mass is 278 g/mol. The highest BCUT2D eigenvalue weighted by atomic mass is 16.5. The minimum absolute atomic E-state index is 0.414. The summed E-state index contributed by atoms with van der Waals surface area (Å²) in [4.78, 5) is 2.52. The molecule has 1 atom stereocenters. The van der Waals surface area contributed by atoms with Gasteiger partial charge in [-0.1, -0.05) is 6.92 Å². The average Bonchev–Trinajstić information content (AvgIpc) is 2.44.